The number of nitrogens with zero attached hydrogens (tertiary/aromatic N) is 1. The summed E-state index contributed by atoms with van der Waals surface area (Å²) in [5.74, 6) is -0.535. The Balaban J connectivity index is 2.05. The van der Waals surface area contributed by atoms with E-state index in [9.17, 15) is 9.59 Å². The number of hydrogen-bond donors (Lipinski definition) is 2. The summed E-state index contributed by atoms with van der Waals surface area (Å²) in [5, 5.41) is 5.65. The van der Waals surface area contributed by atoms with E-state index in [-0.39, 0.29) is 17.5 Å². The molecule has 0 unspecified atom stereocenters. The van der Waals surface area contributed by atoms with Crippen molar-refractivity contribution >= 4 is 17.5 Å². The lowest BCUT2D eigenvalue weighted by atomic mass is 9.93. The van der Waals surface area contributed by atoms with Crippen molar-refractivity contribution in [2.75, 3.05) is 19.4 Å². The molecular weight excluding hydrogens is 314 g/mol. The van der Waals surface area contributed by atoms with Crippen molar-refractivity contribution in [1.82, 2.24) is 10.2 Å². The average Bonchev–Trinajstić information content (AvgIpc) is 2.97. The second-order valence-electron chi connectivity index (χ2n) is 6.03. The van der Waals surface area contributed by atoms with Gasteiger partial charge >= 0.3 is 0 Å². The number of hydrogen-bond acceptors (Lipinski definition) is 3. The van der Waals surface area contributed by atoms with Gasteiger partial charge in [-0.15, -0.1) is 0 Å². The van der Waals surface area contributed by atoms with Gasteiger partial charge in [-0.3, -0.25) is 14.5 Å². The first kappa shape index (κ1) is 16.8. The van der Waals surface area contributed by atoms with Gasteiger partial charge < -0.3 is 10.6 Å². The minimum atomic E-state index is -0.350. The summed E-state index contributed by atoms with van der Waals surface area (Å²) in [5.41, 5.74) is 5.97. The van der Waals surface area contributed by atoms with Crippen LogP contribution in [-0.4, -0.2) is 30.8 Å². The molecule has 0 saturated heterocycles. The van der Waals surface area contributed by atoms with Crippen LogP contribution in [0.15, 0.2) is 48.7 Å². The second kappa shape index (κ2) is 6.43. The molecule has 5 heteroatoms. The van der Waals surface area contributed by atoms with Crippen LogP contribution in [0, 0.1) is 6.92 Å². The Kier molecular flexibility index (Phi) is 4.31. The third kappa shape index (κ3) is 2.78. The Bertz CT molecular complexity index is 887. The SMILES string of the molecule is C=C(C(=O)NC)N1Cc2c(cccc2-c2ccc(NC)cc2C)C1=O. The number of rotatable bonds is 4. The van der Waals surface area contributed by atoms with E-state index in [1.807, 2.05) is 32.2 Å². The molecule has 2 aromatic rings. The van der Waals surface area contributed by atoms with Crippen molar-refractivity contribution < 1.29 is 9.59 Å². The van der Waals surface area contributed by atoms with Crippen molar-refractivity contribution in [1.29, 1.82) is 0 Å². The summed E-state index contributed by atoms with van der Waals surface area (Å²) >= 11 is 0. The number of likely N-dealkylation sites (N-methyl/N-ethyl adjacent to an activating group) is 1. The number of anilines is 1. The maximum Gasteiger partial charge on any atom is 0.267 e. The smallest absolute Gasteiger partial charge is 0.267 e. The Morgan fingerprint density at radius 3 is 2.48 bits per heavy atom. The molecule has 0 bridgehead atoms. The van der Waals surface area contributed by atoms with Crippen LogP contribution in [0.25, 0.3) is 11.1 Å². The van der Waals surface area contributed by atoms with Crippen LogP contribution in [-0.2, 0) is 11.3 Å². The molecule has 2 N–H and O–H groups in total. The van der Waals surface area contributed by atoms with E-state index in [0.717, 1.165) is 27.9 Å². The fourth-order valence-electron chi connectivity index (χ4n) is 3.19. The van der Waals surface area contributed by atoms with E-state index in [2.05, 4.69) is 29.3 Å². The van der Waals surface area contributed by atoms with Crippen LogP contribution >= 0.6 is 0 Å². The van der Waals surface area contributed by atoms with E-state index >= 15 is 0 Å². The molecule has 0 radical (unpaired) electrons. The highest BCUT2D eigenvalue weighted by atomic mass is 16.2. The molecule has 5 nitrogen and oxygen atoms in total. The molecule has 3 rings (SSSR count). The summed E-state index contributed by atoms with van der Waals surface area (Å²) in [7, 11) is 3.41. The zero-order valence-corrected chi connectivity index (χ0v) is 14.6. The van der Waals surface area contributed by atoms with Gasteiger partial charge in [-0.25, -0.2) is 0 Å². The van der Waals surface area contributed by atoms with Crippen LogP contribution < -0.4 is 10.6 Å². The van der Waals surface area contributed by atoms with Crippen LogP contribution in [0.1, 0.15) is 21.5 Å². The molecule has 2 aromatic carbocycles. The molecule has 0 saturated carbocycles. The average molecular weight is 335 g/mol. The second-order valence-corrected chi connectivity index (χ2v) is 6.03. The van der Waals surface area contributed by atoms with E-state index in [4.69, 9.17) is 0 Å². The highest BCUT2D eigenvalue weighted by Gasteiger charge is 2.33. The Labute approximate surface area is 147 Å². The van der Waals surface area contributed by atoms with Crippen molar-refractivity contribution in [2.24, 2.45) is 0 Å². The largest absolute Gasteiger partial charge is 0.388 e. The van der Waals surface area contributed by atoms with Crippen molar-refractivity contribution in [2.45, 2.75) is 13.5 Å². The minimum Gasteiger partial charge on any atom is -0.388 e. The van der Waals surface area contributed by atoms with Crippen molar-refractivity contribution in [3.63, 3.8) is 0 Å². The number of fused-ring (bicyclic) bond motifs is 1. The summed E-state index contributed by atoms with van der Waals surface area (Å²) in [6.45, 7) is 6.17. The lowest BCUT2D eigenvalue weighted by molar-refractivity contribution is -0.118. The first-order valence-electron chi connectivity index (χ1n) is 8.11. The molecule has 0 fully saturated rings. The molecule has 0 spiro atoms. The Morgan fingerprint density at radius 1 is 1.12 bits per heavy atom. The molecule has 2 amide bonds. The minimum absolute atomic E-state index is 0.164. The molecular formula is C20H21N3O2. The number of aryl methyl sites for hydroxylation is 1. The van der Waals surface area contributed by atoms with Gasteiger partial charge in [0, 0.05) is 25.3 Å². The molecule has 0 atom stereocenters. The highest BCUT2D eigenvalue weighted by Crippen LogP contribution is 2.36. The predicted molar refractivity (Wildman–Crippen MR) is 99.2 cm³/mol. The van der Waals surface area contributed by atoms with Gasteiger partial charge in [-0.2, -0.15) is 0 Å². The summed E-state index contributed by atoms with van der Waals surface area (Å²) in [4.78, 5) is 26.0. The molecule has 0 aromatic heterocycles. The summed E-state index contributed by atoms with van der Waals surface area (Å²) in [6.07, 6.45) is 0. The van der Waals surface area contributed by atoms with Gasteiger partial charge in [-0.05, 0) is 47.4 Å². The number of benzene rings is 2. The summed E-state index contributed by atoms with van der Waals surface area (Å²) in [6, 6.07) is 11.8. The van der Waals surface area contributed by atoms with Gasteiger partial charge in [0.25, 0.3) is 11.8 Å². The Hall–Kier alpha value is -3.08. The monoisotopic (exact) mass is 335 g/mol. The standard InChI is InChI=1S/C20H21N3O2/c1-12-10-14(21-3)8-9-15(12)16-6-5-7-17-18(16)11-23(20(17)25)13(2)19(24)22-4/h5-10,21H,2,11H2,1,3-4H3,(H,22,24). The summed E-state index contributed by atoms with van der Waals surface area (Å²) < 4.78 is 0. The van der Waals surface area contributed by atoms with Gasteiger partial charge in [0.2, 0.25) is 0 Å². The normalized spacial score (nSPS) is 12.8. The number of nitrogens with one attached hydrogen (secondary N) is 2. The molecule has 128 valence electrons. The first-order chi connectivity index (χ1) is 12.0. The van der Waals surface area contributed by atoms with Crippen molar-refractivity contribution in [3.8, 4) is 11.1 Å². The number of carbonyl (C=O) groups is 2. The fraction of sp³-hybridized carbons (Fsp3) is 0.200. The first-order valence-corrected chi connectivity index (χ1v) is 8.11. The van der Waals surface area contributed by atoms with Gasteiger partial charge in [0.1, 0.15) is 5.70 Å². The molecule has 0 aliphatic carbocycles. The maximum atomic E-state index is 12.7. The molecule has 1 heterocycles. The van der Waals surface area contributed by atoms with E-state index < -0.39 is 0 Å². The highest BCUT2D eigenvalue weighted by molar-refractivity contribution is 6.06. The van der Waals surface area contributed by atoms with Gasteiger partial charge in [0.15, 0.2) is 0 Å². The zero-order chi connectivity index (χ0) is 18.1. The van der Waals surface area contributed by atoms with Gasteiger partial charge in [0.05, 0.1) is 6.54 Å². The van der Waals surface area contributed by atoms with Crippen LogP contribution in [0.2, 0.25) is 0 Å². The molecule has 1 aliphatic heterocycles. The molecule has 1 aliphatic rings. The van der Waals surface area contributed by atoms with Crippen LogP contribution in [0.4, 0.5) is 5.69 Å². The third-order valence-electron chi connectivity index (χ3n) is 4.59. The lowest BCUT2D eigenvalue weighted by Crippen LogP contribution is -2.32. The van der Waals surface area contributed by atoms with E-state index in [1.165, 1.54) is 11.9 Å². The fourth-order valence-corrected chi connectivity index (χ4v) is 3.19. The van der Waals surface area contributed by atoms with E-state index in [1.54, 1.807) is 6.07 Å². The van der Waals surface area contributed by atoms with E-state index in [0.29, 0.717) is 12.1 Å². The topological polar surface area (TPSA) is 61.4 Å². The molecule has 25 heavy (non-hydrogen) atoms. The van der Waals surface area contributed by atoms with Crippen molar-refractivity contribution in [3.05, 3.63) is 65.4 Å². The van der Waals surface area contributed by atoms with Gasteiger partial charge in [-0.1, -0.05) is 24.8 Å². The third-order valence-corrected chi connectivity index (χ3v) is 4.59. The van der Waals surface area contributed by atoms with Crippen LogP contribution in [0.5, 0.6) is 0 Å². The Morgan fingerprint density at radius 2 is 1.84 bits per heavy atom. The number of carbonyl (C=O) groups excluding carboxylic acids is 2. The zero-order valence-electron chi connectivity index (χ0n) is 14.6. The maximum absolute atomic E-state index is 12.7. The van der Waals surface area contributed by atoms with Crippen LogP contribution in [0.3, 0.4) is 0 Å². The lowest BCUT2D eigenvalue weighted by Gasteiger charge is -2.17. The predicted octanol–water partition coefficient (Wildman–Crippen LogP) is 2.92. The number of amides is 2. The quantitative estimate of drug-likeness (QED) is 0.845.